The lowest BCUT2D eigenvalue weighted by atomic mass is 9.89. The van der Waals surface area contributed by atoms with Crippen molar-refractivity contribution in [1.29, 1.82) is 0 Å². The summed E-state index contributed by atoms with van der Waals surface area (Å²) in [6.07, 6.45) is 10.4. The first-order valence-electron chi connectivity index (χ1n) is 7.67. The number of benzene rings is 1. The number of azo groups is 1. The van der Waals surface area contributed by atoms with Gasteiger partial charge in [-0.15, -0.1) is 10.2 Å². The highest BCUT2D eigenvalue weighted by Crippen LogP contribution is 2.34. The van der Waals surface area contributed by atoms with Gasteiger partial charge < -0.3 is 5.32 Å². The fourth-order valence-electron chi connectivity index (χ4n) is 2.72. The second-order valence-corrected chi connectivity index (χ2v) is 5.58. The number of hydrogen-bond acceptors (Lipinski definition) is 4. The second kappa shape index (κ2) is 6.12. The molecule has 0 radical (unpaired) electrons. The zero-order valence-electron chi connectivity index (χ0n) is 13.0. The van der Waals surface area contributed by atoms with Gasteiger partial charge in [0.1, 0.15) is 0 Å². The Morgan fingerprint density at radius 1 is 1.12 bits per heavy atom. The number of allylic oxidation sites excluding steroid dienone is 3. The lowest BCUT2D eigenvalue weighted by molar-refractivity contribution is -0.119. The van der Waals surface area contributed by atoms with Gasteiger partial charge in [0.2, 0.25) is 0 Å². The van der Waals surface area contributed by atoms with Crippen molar-refractivity contribution in [3.8, 4) is 0 Å². The number of aromatic nitrogens is 2. The van der Waals surface area contributed by atoms with E-state index in [0.717, 1.165) is 11.1 Å². The van der Waals surface area contributed by atoms with Gasteiger partial charge in [-0.25, -0.2) is 0 Å². The van der Waals surface area contributed by atoms with Crippen LogP contribution in [0.2, 0.25) is 0 Å². The molecule has 2 N–H and O–H groups in total. The first kappa shape index (κ1) is 14.9. The number of amides is 2. The minimum Gasteiger partial charge on any atom is -0.322 e. The number of H-pyrrole nitrogens is 1. The standard InChI is InChI=1S/C18H13N5O2/c24-17(12-9-19-20-10-12)21-13-7-5-11(6-8-13)16-14-3-1-2-4-15(14)18(25)23-22-16/h1-10,15H,(H,19,20)(H,21,24). The Kier molecular flexibility index (Phi) is 3.66. The van der Waals surface area contributed by atoms with Crippen molar-refractivity contribution in [3.63, 3.8) is 0 Å². The zero-order valence-corrected chi connectivity index (χ0v) is 13.0. The lowest BCUT2D eigenvalue weighted by Crippen LogP contribution is -2.17. The van der Waals surface area contributed by atoms with Gasteiger partial charge in [0.05, 0.1) is 23.4 Å². The third-order valence-corrected chi connectivity index (χ3v) is 3.99. The summed E-state index contributed by atoms with van der Waals surface area (Å²) in [7, 11) is 0. The Labute approximate surface area is 142 Å². The average Bonchev–Trinajstić information content (AvgIpc) is 3.18. The molecular weight excluding hydrogens is 318 g/mol. The molecular formula is C18H13N5O2. The van der Waals surface area contributed by atoms with Gasteiger partial charge in [-0.3, -0.25) is 14.7 Å². The van der Waals surface area contributed by atoms with E-state index in [2.05, 4.69) is 25.7 Å². The van der Waals surface area contributed by atoms with Crippen LogP contribution in [-0.2, 0) is 4.79 Å². The van der Waals surface area contributed by atoms with Crippen molar-refractivity contribution < 1.29 is 9.59 Å². The maximum Gasteiger partial charge on any atom is 0.276 e. The molecule has 1 unspecified atom stereocenters. The molecule has 1 aromatic heterocycles. The van der Waals surface area contributed by atoms with Gasteiger partial charge in [0, 0.05) is 17.4 Å². The van der Waals surface area contributed by atoms with Gasteiger partial charge in [-0.2, -0.15) is 5.10 Å². The van der Waals surface area contributed by atoms with Crippen LogP contribution in [0.4, 0.5) is 5.69 Å². The van der Waals surface area contributed by atoms with Crippen molar-refractivity contribution >= 4 is 23.2 Å². The molecule has 1 atom stereocenters. The molecule has 0 saturated carbocycles. The highest BCUT2D eigenvalue weighted by Gasteiger charge is 2.27. The maximum atomic E-state index is 12.0. The monoisotopic (exact) mass is 331 g/mol. The predicted molar refractivity (Wildman–Crippen MR) is 91.5 cm³/mol. The molecule has 1 aliphatic carbocycles. The number of nitrogens with one attached hydrogen (secondary N) is 2. The van der Waals surface area contributed by atoms with Crippen LogP contribution in [0, 0.1) is 5.92 Å². The number of hydrogen-bond donors (Lipinski definition) is 2. The van der Waals surface area contributed by atoms with Crippen LogP contribution in [0.25, 0.3) is 5.70 Å². The van der Waals surface area contributed by atoms with Crippen LogP contribution in [0.1, 0.15) is 15.9 Å². The minimum absolute atomic E-state index is 0.244. The largest absolute Gasteiger partial charge is 0.322 e. The van der Waals surface area contributed by atoms with E-state index in [9.17, 15) is 9.59 Å². The highest BCUT2D eigenvalue weighted by molar-refractivity contribution is 6.04. The van der Waals surface area contributed by atoms with E-state index >= 15 is 0 Å². The van der Waals surface area contributed by atoms with Gasteiger partial charge in [0.25, 0.3) is 11.8 Å². The van der Waals surface area contributed by atoms with Gasteiger partial charge in [0.15, 0.2) is 0 Å². The van der Waals surface area contributed by atoms with E-state index in [1.165, 1.54) is 12.4 Å². The molecule has 7 heteroatoms. The fraction of sp³-hybridized carbons (Fsp3) is 0.0556. The zero-order chi connectivity index (χ0) is 17.2. The quantitative estimate of drug-likeness (QED) is 0.903. The normalized spacial score (nSPS) is 18.4. The van der Waals surface area contributed by atoms with Crippen LogP contribution < -0.4 is 5.32 Å². The SMILES string of the molecule is O=C(Nc1ccc(C2=C3C=CC=CC3C(=O)N=N2)cc1)c1cn[nH]c1. The van der Waals surface area contributed by atoms with Crippen molar-refractivity contribution in [2.45, 2.75) is 0 Å². The molecule has 1 aliphatic heterocycles. The van der Waals surface area contributed by atoms with Gasteiger partial charge in [-0.1, -0.05) is 36.4 Å². The molecule has 0 fully saturated rings. The summed E-state index contributed by atoms with van der Waals surface area (Å²) in [5, 5.41) is 16.9. The molecule has 4 rings (SSSR count). The molecule has 25 heavy (non-hydrogen) atoms. The molecule has 0 spiro atoms. The Morgan fingerprint density at radius 3 is 2.72 bits per heavy atom. The molecule has 2 aliphatic rings. The smallest absolute Gasteiger partial charge is 0.276 e. The van der Waals surface area contributed by atoms with Crippen molar-refractivity contribution in [2.24, 2.45) is 16.1 Å². The first-order chi connectivity index (χ1) is 12.2. The Balaban J connectivity index is 1.59. The van der Waals surface area contributed by atoms with Crippen LogP contribution in [0.5, 0.6) is 0 Å². The first-order valence-corrected chi connectivity index (χ1v) is 7.67. The Hall–Kier alpha value is -3.61. The highest BCUT2D eigenvalue weighted by atomic mass is 16.2. The Morgan fingerprint density at radius 2 is 1.96 bits per heavy atom. The molecule has 0 saturated heterocycles. The molecule has 1 aromatic carbocycles. The predicted octanol–water partition coefficient (Wildman–Crippen LogP) is 3.11. The van der Waals surface area contributed by atoms with Crippen LogP contribution in [-0.4, -0.2) is 22.0 Å². The molecule has 2 aromatic rings. The number of fused-ring (bicyclic) bond motifs is 1. The van der Waals surface area contributed by atoms with E-state index in [4.69, 9.17) is 0 Å². The van der Waals surface area contributed by atoms with Crippen molar-refractivity contribution in [2.75, 3.05) is 5.32 Å². The summed E-state index contributed by atoms with van der Waals surface area (Å²) in [5.74, 6) is -0.881. The third kappa shape index (κ3) is 2.83. The fourth-order valence-corrected chi connectivity index (χ4v) is 2.72. The number of anilines is 1. The maximum absolute atomic E-state index is 12.0. The van der Waals surface area contributed by atoms with E-state index in [1.54, 1.807) is 12.1 Å². The van der Waals surface area contributed by atoms with E-state index in [0.29, 0.717) is 16.9 Å². The Bertz CT molecular complexity index is 950. The second-order valence-electron chi connectivity index (χ2n) is 5.58. The molecule has 7 nitrogen and oxygen atoms in total. The summed E-state index contributed by atoms with van der Waals surface area (Å²) in [4.78, 5) is 23.9. The molecule has 0 bridgehead atoms. The number of rotatable bonds is 3. The van der Waals surface area contributed by atoms with Crippen molar-refractivity contribution in [1.82, 2.24) is 10.2 Å². The molecule has 122 valence electrons. The summed E-state index contributed by atoms with van der Waals surface area (Å²) < 4.78 is 0. The van der Waals surface area contributed by atoms with E-state index in [-0.39, 0.29) is 17.7 Å². The minimum atomic E-state index is -0.377. The molecule has 2 heterocycles. The van der Waals surface area contributed by atoms with E-state index in [1.807, 2.05) is 36.4 Å². The topological polar surface area (TPSA) is 99.6 Å². The summed E-state index contributed by atoms with van der Waals surface area (Å²) in [5.41, 5.74) is 3.43. The van der Waals surface area contributed by atoms with Crippen LogP contribution in [0.15, 0.2) is 76.8 Å². The van der Waals surface area contributed by atoms with Crippen LogP contribution in [0.3, 0.4) is 0 Å². The average molecular weight is 331 g/mol. The number of aromatic amines is 1. The summed E-state index contributed by atoms with van der Waals surface area (Å²) in [6, 6.07) is 7.24. The summed E-state index contributed by atoms with van der Waals surface area (Å²) >= 11 is 0. The summed E-state index contributed by atoms with van der Waals surface area (Å²) in [6.45, 7) is 0. The van der Waals surface area contributed by atoms with Crippen molar-refractivity contribution in [3.05, 3.63) is 77.7 Å². The van der Waals surface area contributed by atoms with Crippen LogP contribution >= 0.6 is 0 Å². The van der Waals surface area contributed by atoms with Gasteiger partial charge >= 0.3 is 0 Å². The number of carbonyl (C=O) groups is 2. The number of nitrogens with zero attached hydrogens (tertiary/aromatic N) is 3. The third-order valence-electron chi connectivity index (χ3n) is 3.99. The van der Waals surface area contributed by atoms with Gasteiger partial charge in [-0.05, 0) is 17.7 Å². The molecule has 2 amide bonds. The lowest BCUT2D eigenvalue weighted by Gasteiger charge is -2.19. The van der Waals surface area contributed by atoms with E-state index < -0.39 is 0 Å². The number of carbonyl (C=O) groups excluding carboxylic acids is 2.